The van der Waals surface area contributed by atoms with Crippen LogP contribution in [0.5, 0.6) is 0 Å². The van der Waals surface area contributed by atoms with Crippen molar-refractivity contribution in [3.8, 4) is 12.3 Å². The highest BCUT2D eigenvalue weighted by atomic mass is 16.3. The van der Waals surface area contributed by atoms with Crippen LogP contribution in [0.3, 0.4) is 0 Å². The molecule has 1 heterocycles. The van der Waals surface area contributed by atoms with Crippen LogP contribution in [-0.4, -0.2) is 23.2 Å². The minimum atomic E-state index is -0.0477. The average molecular weight is 260 g/mol. The molecule has 1 rings (SSSR count). The molecule has 1 aromatic rings. The van der Waals surface area contributed by atoms with E-state index in [4.69, 9.17) is 11.4 Å². The molecule has 0 amide bonds. The summed E-state index contributed by atoms with van der Waals surface area (Å²) in [6.45, 7) is 9.90. The van der Waals surface area contributed by atoms with Gasteiger partial charge in [-0.15, -0.1) is 6.42 Å². The molecule has 0 unspecified atom stereocenters. The Hall–Kier alpha value is -1.53. The molecule has 0 aliphatic rings. The molecule has 0 aliphatic carbocycles. The van der Waals surface area contributed by atoms with E-state index in [1.54, 1.807) is 0 Å². The van der Waals surface area contributed by atoms with Crippen molar-refractivity contribution in [2.75, 3.05) is 18.0 Å². The fourth-order valence-electron chi connectivity index (χ4n) is 1.86. The van der Waals surface area contributed by atoms with Crippen LogP contribution in [0, 0.1) is 12.3 Å². The van der Waals surface area contributed by atoms with E-state index in [2.05, 4.69) is 38.5 Å². The summed E-state index contributed by atoms with van der Waals surface area (Å²) in [4.78, 5) is 6.79. The van der Waals surface area contributed by atoms with Gasteiger partial charge in [0.1, 0.15) is 5.82 Å². The number of hydrogen-bond donors (Lipinski definition) is 1. The number of terminal acetylenes is 1. The van der Waals surface area contributed by atoms with Gasteiger partial charge in [-0.2, -0.15) is 0 Å². The summed E-state index contributed by atoms with van der Waals surface area (Å²) >= 11 is 0. The first kappa shape index (κ1) is 15.5. The Morgan fingerprint density at radius 1 is 1.37 bits per heavy atom. The van der Waals surface area contributed by atoms with Gasteiger partial charge in [-0.3, -0.25) is 0 Å². The minimum absolute atomic E-state index is 0.0224. The van der Waals surface area contributed by atoms with Crippen molar-refractivity contribution < 1.29 is 5.11 Å². The molecule has 104 valence electrons. The Labute approximate surface area is 116 Å². The number of aromatic nitrogens is 1. The van der Waals surface area contributed by atoms with Crippen molar-refractivity contribution in [1.82, 2.24) is 4.98 Å². The van der Waals surface area contributed by atoms with Crippen LogP contribution < -0.4 is 4.90 Å². The van der Waals surface area contributed by atoms with Gasteiger partial charge in [-0.05, 0) is 24.1 Å². The molecule has 0 saturated heterocycles. The Morgan fingerprint density at radius 3 is 2.53 bits per heavy atom. The number of pyridine rings is 1. The van der Waals surface area contributed by atoms with Crippen LogP contribution in [0.2, 0.25) is 0 Å². The molecule has 0 radical (unpaired) electrons. The highest BCUT2D eigenvalue weighted by Crippen LogP contribution is 2.25. The second-order valence-electron chi connectivity index (χ2n) is 5.75. The van der Waals surface area contributed by atoms with E-state index in [1.165, 1.54) is 0 Å². The van der Waals surface area contributed by atoms with Gasteiger partial charge in [-0.1, -0.05) is 33.6 Å². The maximum atomic E-state index is 9.41. The molecule has 1 aromatic heterocycles. The Morgan fingerprint density at radius 2 is 2.05 bits per heavy atom. The summed E-state index contributed by atoms with van der Waals surface area (Å²) in [6, 6.07) is 3.88. The number of rotatable bonds is 5. The summed E-state index contributed by atoms with van der Waals surface area (Å²) in [7, 11) is 0. The van der Waals surface area contributed by atoms with Gasteiger partial charge >= 0.3 is 0 Å². The van der Waals surface area contributed by atoms with Gasteiger partial charge in [0.05, 0.1) is 13.2 Å². The van der Waals surface area contributed by atoms with Crippen molar-refractivity contribution in [1.29, 1.82) is 0 Å². The smallest absolute Gasteiger partial charge is 0.129 e. The Kier molecular flexibility index (Phi) is 5.38. The zero-order chi connectivity index (χ0) is 14.5. The normalized spacial score (nSPS) is 11.2. The van der Waals surface area contributed by atoms with E-state index in [-0.39, 0.29) is 12.0 Å². The molecule has 19 heavy (non-hydrogen) atoms. The average Bonchev–Trinajstić information content (AvgIpc) is 2.37. The van der Waals surface area contributed by atoms with Gasteiger partial charge in [-0.25, -0.2) is 4.98 Å². The lowest BCUT2D eigenvalue weighted by molar-refractivity contribution is 0.281. The lowest BCUT2D eigenvalue weighted by Crippen LogP contribution is -2.27. The van der Waals surface area contributed by atoms with Crippen LogP contribution in [0.15, 0.2) is 12.1 Å². The second-order valence-corrected chi connectivity index (χ2v) is 5.75. The van der Waals surface area contributed by atoms with Crippen molar-refractivity contribution >= 4 is 5.82 Å². The van der Waals surface area contributed by atoms with Gasteiger partial charge in [0.25, 0.3) is 0 Å². The fourth-order valence-corrected chi connectivity index (χ4v) is 1.86. The first-order chi connectivity index (χ1) is 8.92. The van der Waals surface area contributed by atoms with Gasteiger partial charge in [0.2, 0.25) is 0 Å². The predicted molar refractivity (Wildman–Crippen MR) is 80.2 cm³/mol. The van der Waals surface area contributed by atoms with Crippen molar-refractivity contribution in [3.05, 3.63) is 23.4 Å². The third-order valence-corrected chi connectivity index (χ3v) is 2.92. The summed E-state index contributed by atoms with van der Waals surface area (Å²) in [5, 5.41) is 9.41. The molecule has 3 heteroatoms. The maximum absolute atomic E-state index is 9.41. The molecular weight excluding hydrogens is 236 g/mol. The number of aliphatic hydroxyl groups is 1. The lowest BCUT2D eigenvalue weighted by atomic mass is 9.91. The maximum Gasteiger partial charge on any atom is 0.129 e. The van der Waals surface area contributed by atoms with Gasteiger partial charge in [0, 0.05) is 17.7 Å². The van der Waals surface area contributed by atoms with E-state index in [1.807, 2.05) is 12.1 Å². The van der Waals surface area contributed by atoms with Crippen LogP contribution in [0.1, 0.15) is 45.4 Å². The molecule has 0 saturated carbocycles. The zero-order valence-corrected chi connectivity index (χ0v) is 12.4. The SMILES string of the molecule is C#CCN(CCC)c1cc(CO)cc(C(C)(C)C)n1. The Balaban J connectivity index is 3.22. The van der Waals surface area contributed by atoms with E-state index >= 15 is 0 Å². The van der Waals surface area contributed by atoms with Crippen molar-refractivity contribution in [3.63, 3.8) is 0 Å². The van der Waals surface area contributed by atoms with Crippen LogP contribution in [0.25, 0.3) is 0 Å². The minimum Gasteiger partial charge on any atom is -0.392 e. The van der Waals surface area contributed by atoms with E-state index in [0.29, 0.717) is 6.54 Å². The highest BCUT2D eigenvalue weighted by molar-refractivity contribution is 5.45. The van der Waals surface area contributed by atoms with Crippen LogP contribution in [-0.2, 0) is 12.0 Å². The highest BCUT2D eigenvalue weighted by Gasteiger charge is 2.18. The molecular formula is C16H24N2O. The molecule has 0 aliphatic heterocycles. The Bertz CT molecular complexity index is 455. The van der Waals surface area contributed by atoms with Crippen molar-refractivity contribution in [2.45, 2.75) is 46.1 Å². The summed E-state index contributed by atoms with van der Waals surface area (Å²) < 4.78 is 0. The lowest BCUT2D eigenvalue weighted by Gasteiger charge is -2.25. The molecule has 0 spiro atoms. The van der Waals surface area contributed by atoms with E-state index in [9.17, 15) is 5.11 Å². The standard InChI is InChI=1S/C16H24N2O/c1-6-8-18(9-7-2)15-11-13(12-19)10-14(17-15)16(3,4)5/h1,10-11,19H,7-9,12H2,2-5H3. The van der Waals surface area contributed by atoms with Gasteiger partial charge in [0.15, 0.2) is 0 Å². The zero-order valence-electron chi connectivity index (χ0n) is 12.4. The summed E-state index contributed by atoms with van der Waals surface area (Å²) in [6.07, 6.45) is 6.43. The first-order valence-electron chi connectivity index (χ1n) is 6.73. The first-order valence-corrected chi connectivity index (χ1v) is 6.73. The quantitative estimate of drug-likeness (QED) is 0.827. The number of anilines is 1. The molecule has 1 N–H and O–H groups in total. The van der Waals surface area contributed by atoms with E-state index in [0.717, 1.165) is 30.0 Å². The predicted octanol–water partition coefficient (Wildman–Crippen LogP) is 2.72. The third kappa shape index (κ3) is 4.25. The third-order valence-electron chi connectivity index (χ3n) is 2.92. The van der Waals surface area contributed by atoms with Crippen LogP contribution in [0.4, 0.5) is 5.82 Å². The molecule has 0 bridgehead atoms. The second kappa shape index (κ2) is 6.58. The molecule has 0 atom stereocenters. The summed E-state index contributed by atoms with van der Waals surface area (Å²) in [5.41, 5.74) is 1.81. The largest absolute Gasteiger partial charge is 0.392 e. The number of aliphatic hydroxyl groups excluding tert-OH is 1. The van der Waals surface area contributed by atoms with Gasteiger partial charge < -0.3 is 10.0 Å². The molecule has 3 nitrogen and oxygen atoms in total. The van der Waals surface area contributed by atoms with E-state index < -0.39 is 0 Å². The van der Waals surface area contributed by atoms with Crippen LogP contribution >= 0.6 is 0 Å². The summed E-state index contributed by atoms with van der Waals surface area (Å²) in [5.74, 6) is 3.53. The van der Waals surface area contributed by atoms with Crippen molar-refractivity contribution in [2.24, 2.45) is 0 Å². The topological polar surface area (TPSA) is 36.4 Å². The number of hydrogen-bond acceptors (Lipinski definition) is 3. The number of nitrogens with zero attached hydrogens (tertiary/aromatic N) is 2. The molecule has 0 aromatic carbocycles. The monoisotopic (exact) mass is 260 g/mol. The fraction of sp³-hybridized carbons (Fsp3) is 0.562. The molecule has 0 fully saturated rings.